The van der Waals surface area contributed by atoms with Gasteiger partial charge >= 0.3 is 0 Å². The lowest BCUT2D eigenvalue weighted by Crippen LogP contribution is -2.41. The molecule has 2 amide bonds. The van der Waals surface area contributed by atoms with E-state index in [4.69, 9.17) is 4.74 Å². The fraction of sp³-hybridized carbons (Fsp3) is 0.440. The summed E-state index contributed by atoms with van der Waals surface area (Å²) in [5, 5.41) is 0. The monoisotopic (exact) mass is 424 g/mol. The van der Waals surface area contributed by atoms with Gasteiger partial charge < -0.3 is 14.5 Å². The standard InChI is InChI=1S/C25H29FN2O3/c26-22-10-4-8-20(15-22)25(30)28-14-6-7-19(17-28)18-31-23-11-5-9-21(16-23)24(29)27-12-2-1-3-13-27/h4-5,8-11,15-16,19H,1-3,6-7,12-14,17-18H2/t19-/m0/s1. The lowest BCUT2D eigenvalue weighted by Gasteiger charge is -2.32. The molecule has 2 aromatic carbocycles. The van der Waals surface area contributed by atoms with Crippen LogP contribution in [-0.4, -0.2) is 54.4 Å². The first kappa shape index (κ1) is 21.3. The van der Waals surface area contributed by atoms with Gasteiger partial charge in [0.15, 0.2) is 0 Å². The van der Waals surface area contributed by atoms with Gasteiger partial charge in [-0.3, -0.25) is 9.59 Å². The normalized spacial score (nSPS) is 19.2. The second-order valence-electron chi connectivity index (χ2n) is 8.46. The number of piperidine rings is 2. The van der Waals surface area contributed by atoms with Crippen LogP contribution in [0.1, 0.15) is 52.8 Å². The average Bonchev–Trinajstić information content (AvgIpc) is 2.83. The lowest BCUT2D eigenvalue weighted by atomic mass is 9.98. The molecular formula is C25H29FN2O3. The molecule has 2 aromatic rings. The van der Waals surface area contributed by atoms with Gasteiger partial charge in [0.05, 0.1) is 6.61 Å². The maximum atomic E-state index is 13.5. The zero-order valence-electron chi connectivity index (χ0n) is 17.8. The van der Waals surface area contributed by atoms with E-state index in [-0.39, 0.29) is 17.7 Å². The molecule has 2 aliphatic heterocycles. The highest BCUT2D eigenvalue weighted by Crippen LogP contribution is 2.22. The van der Waals surface area contributed by atoms with E-state index in [9.17, 15) is 14.0 Å². The van der Waals surface area contributed by atoms with Gasteiger partial charge in [-0.25, -0.2) is 4.39 Å². The van der Waals surface area contributed by atoms with Gasteiger partial charge in [0.25, 0.3) is 11.8 Å². The van der Waals surface area contributed by atoms with Crippen LogP contribution in [0, 0.1) is 11.7 Å². The smallest absolute Gasteiger partial charge is 0.253 e. The van der Waals surface area contributed by atoms with Crippen molar-refractivity contribution >= 4 is 11.8 Å². The van der Waals surface area contributed by atoms with Crippen LogP contribution in [0.2, 0.25) is 0 Å². The molecule has 0 bridgehead atoms. The van der Waals surface area contributed by atoms with Gasteiger partial charge in [0.2, 0.25) is 0 Å². The Labute approximate surface area is 182 Å². The molecule has 164 valence electrons. The Morgan fingerprint density at radius 1 is 0.871 bits per heavy atom. The van der Waals surface area contributed by atoms with Gasteiger partial charge in [-0.2, -0.15) is 0 Å². The van der Waals surface area contributed by atoms with Gasteiger partial charge in [-0.1, -0.05) is 12.1 Å². The summed E-state index contributed by atoms with van der Waals surface area (Å²) < 4.78 is 19.5. The van der Waals surface area contributed by atoms with Crippen LogP contribution in [-0.2, 0) is 0 Å². The Kier molecular flexibility index (Phi) is 6.85. The molecule has 31 heavy (non-hydrogen) atoms. The summed E-state index contributed by atoms with van der Waals surface area (Å²) in [6.07, 6.45) is 5.18. The summed E-state index contributed by atoms with van der Waals surface area (Å²) in [7, 11) is 0. The number of nitrogens with zero attached hydrogens (tertiary/aromatic N) is 2. The molecule has 0 spiro atoms. The number of amides is 2. The molecule has 4 rings (SSSR count). The van der Waals surface area contributed by atoms with Crippen molar-refractivity contribution in [3.8, 4) is 5.75 Å². The molecule has 0 unspecified atom stereocenters. The molecule has 0 saturated carbocycles. The van der Waals surface area contributed by atoms with Crippen LogP contribution >= 0.6 is 0 Å². The molecule has 6 heteroatoms. The first-order valence-corrected chi connectivity index (χ1v) is 11.2. The Morgan fingerprint density at radius 2 is 1.55 bits per heavy atom. The molecule has 0 radical (unpaired) electrons. The minimum absolute atomic E-state index is 0.0645. The van der Waals surface area contributed by atoms with E-state index < -0.39 is 5.82 Å². The Morgan fingerprint density at radius 3 is 2.32 bits per heavy atom. The van der Waals surface area contributed by atoms with Crippen molar-refractivity contribution in [3.63, 3.8) is 0 Å². The van der Waals surface area contributed by atoms with Crippen molar-refractivity contribution in [1.82, 2.24) is 9.80 Å². The van der Waals surface area contributed by atoms with Crippen molar-refractivity contribution in [2.75, 3.05) is 32.8 Å². The first-order chi connectivity index (χ1) is 15.1. The second kappa shape index (κ2) is 9.94. The second-order valence-corrected chi connectivity index (χ2v) is 8.46. The summed E-state index contributed by atoms with van der Waals surface area (Å²) in [6, 6.07) is 13.2. The van der Waals surface area contributed by atoms with Gasteiger partial charge in [-0.15, -0.1) is 0 Å². The number of likely N-dealkylation sites (tertiary alicyclic amines) is 2. The van der Waals surface area contributed by atoms with Crippen molar-refractivity contribution in [2.24, 2.45) is 5.92 Å². The van der Waals surface area contributed by atoms with Crippen LogP contribution in [0.25, 0.3) is 0 Å². The molecule has 1 atom stereocenters. The van der Waals surface area contributed by atoms with Crippen LogP contribution in [0.4, 0.5) is 4.39 Å². The van der Waals surface area contributed by atoms with Gasteiger partial charge in [-0.05, 0) is 68.5 Å². The van der Waals surface area contributed by atoms with E-state index in [1.54, 1.807) is 17.0 Å². The number of rotatable bonds is 5. The number of halogens is 1. The predicted molar refractivity (Wildman–Crippen MR) is 117 cm³/mol. The molecule has 2 aliphatic rings. The SMILES string of the molecule is O=C(c1cccc(OC[C@H]2CCCN(C(=O)c3cccc(F)c3)C2)c1)N1CCCCC1. The van der Waals surface area contributed by atoms with E-state index in [1.807, 2.05) is 29.2 Å². The predicted octanol–water partition coefficient (Wildman–Crippen LogP) is 4.38. The van der Waals surface area contributed by atoms with E-state index in [0.717, 1.165) is 38.8 Å². The molecule has 2 saturated heterocycles. The number of carbonyl (C=O) groups excluding carboxylic acids is 2. The Bertz CT molecular complexity index is 926. The van der Waals surface area contributed by atoms with E-state index in [0.29, 0.717) is 36.6 Å². The maximum Gasteiger partial charge on any atom is 0.253 e. The molecule has 0 N–H and O–H groups in total. The van der Waals surface area contributed by atoms with Crippen molar-refractivity contribution < 1.29 is 18.7 Å². The fourth-order valence-corrected chi connectivity index (χ4v) is 4.40. The third-order valence-corrected chi connectivity index (χ3v) is 6.09. The number of hydrogen-bond donors (Lipinski definition) is 0. The summed E-state index contributed by atoms with van der Waals surface area (Å²) in [4.78, 5) is 29.1. The minimum Gasteiger partial charge on any atom is -0.493 e. The number of carbonyl (C=O) groups is 2. The van der Waals surface area contributed by atoms with Gasteiger partial charge in [0, 0.05) is 43.2 Å². The van der Waals surface area contributed by atoms with Crippen molar-refractivity contribution in [1.29, 1.82) is 0 Å². The zero-order valence-corrected chi connectivity index (χ0v) is 17.8. The van der Waals surface area contributed by atoms with Crippen molar-refractivity contribution in [2.45, 2.75) is 32.1 Å². The highest BCUT2D eigenvalue weighted by atomic mass is 19.1. The molecule has 2 heterocycles. The van der Waals surface area contributed by atoms with E-state index in [1.165, 1.54) is 18.6 Å². The molecular weight excluding hydrogens is 395 g/mol. The third-order valence-electron chi connectivity index (χ3n) is 6.09. The van der Waals surface area contributed by atoms with Crippen LogP contribution < -0.4 is 4.74 Å². The highest BCUT2D eigenvalue weighted by Gasteiger charge is 2.25. The summed E-state index contributed by atoms with van der Waals surface area (Å²) >= 11 is 0. The van der Waals surface area contributed by atoms with Gasteiger partial charge in [0.1, 0.15) is 11.6 Å². The molecule has 2 fully saturated rings. The topological polar surface area (TPSA) is 49.9 Å². The molecule has 0 aromatic heterocycles. The van der Waals surface area contributed by atoms with Crippen molar-refractivity contribution in [3.05, 3.63) is 65.5 Å². The zero-order chi connectivity index (χ0) is 21.6. The van der Waals surface area contributed by atoms with Crippen LogP contribution in [0.5, 0.6) is 5.75 Å². The largest absolute Gasteiger partial charge is 0.493 e. The van der Waals surface area contributed by atoms with Crippen LogP contribution in [0.15, 0.2) is 48.5 Å². The fourth-order valence-electron chi connectivity index (χ4n) is 4.40. The highest BCUT2D eigenvalue weighted by molar-refractivity contribution is 5.95. The average molecular weight is 425 g/mol. The molecule has 0 aliphatic carbocycles. The third kappa shape index (κ3) is 5.43. The molecule has 5 nitrogen and oxygen atoms in total. The number of benzene rings is 2. The quantitative estimate of drug-likeness (QED) is 0.716. The minimum atomic E-state index is -0.401. The number of hydrogen-bond acceptors (Lipinski definition) is 3. The first-order valence-electron chi connectivity index (χ1n) is 11.2. The summed E-state index contributed by atoms with van der Waals surface area (Å²) in [6.45, 7) is 3.38. The Balaban J connectivity index is 1.33. The lowest BCUT2D eigenvalue weighted by molar-refractivity contribution is 0.0631. The Hall–Kier alpha value is -2.89. The summed E-state index contributed by atoms with van der Waals surface area (Å²) in [5.74, 6) is 0.402. The van der Waals surface area contributed by atoms with E-state index >= 15 is 0 Å². The van der Waals surface area contributed by atoms with Crippen LogP contribution in [0.3, 0.4) is 0 Å². The number of ether oxygens (including phenoxy) is 1. The summed E-state index contributed by atoms with van der Waals surface area (Å²) in [5.41, 5.74) is 1.04. The maximum absolute atomic E-state index is 13.5. The van der Waals surface area contributed by atoms with E-state index in [2.05, 4.69) is 0 Å².